The van der Waals surface area contributed by atoms with E-state index in [1.165, 1.54) is 0 Å². The van der Waals surface area contributed by atoms with Crippen molar-refractivity contribution in [2.24, 2.45) is 0 Å². The summed E-state index contributed by atoms with van der Waals surface area (Å²) in [5.41, 5.74) is 3.25. The van der Waals surface area contributed by atoms with E-state index in [9.17, 15) is 14.7 Å². The van der Waals surface area contributed by atoms with Gasteiger partial charge in [-0.1, -0.05) is 72.8 Å². The molecule has 1 aliphatic heterocycles. The number of ketones is 1. The minimum Gasteiger partial charge on any atom is -0.507 e. The molecule has 0 bridgehead atoms. The zero-order valence-corrected chi connectivity index (χ0v) is 22.4. The largest absolute Gasteiger partial charge is 0.507 e. The van der Waals surface area contributed by atoms with Crippen LogP contribution in [0.4, 0.5) is 0 Å². The number of aliphatic hydroxyl groups is 1. The zero-order valence-electron chi connectivity index (χ0n) is 22.4. The third-order valence-electron chi connectivity index (χ3n) is 7.13. The third kappa shape index (κ3) is 5.29. The first-order valence-electron chi connectivity index (χ1n) is 13.0. The number of benzene rings is 4. The minimum atomic E-state index is -0.703. The monoisotopic (exact) mass is 520 g/mol. The van der Waals surface area contributed by atoms with E-state index >= 15 is 0 Å². The summed E-state index contributed by atoms with van der Waals surface area (Å²) in [4.78, 5) is 30.3. The molecule has 1 unspecified atom stereocenters. The molecule has 1 N–H and O–H groups in total. The van der Waals surface area contributed by atoms with Crippen LogP contribution in [0.1, 0.15) is 28.3 Å². The number of rotatable bonds is 8. The topological polar surface area (TPSA) is 70.1 Å². The highest BCUT2D eigenvalue weighted by atomic mass is 16.5. The summed E-state index contributed by atoms with van der Waals surface area (Å²) >= 11 is 0. The summed E-state index contributed by atoms with van der Waals surface area (Å²) in [5.74, 6) is -0.772. The van der Waals surface area contributed by atoms with Gasteiger partial charge in [0.05, 0.1) is 11.6 Å². The molecule has 1 aliphatic rings. The van der Waals surface area contributed by atoms with Crippen molar-refractivity contribution in [2.45, 2.75) is 19.6 Å². The van der Waals surface area contributed by atoms with Crippen molar-refractivity contribution < 1.29 is 19.4 Å². The molecule has 6 heteroatoms. The van der Waals surface area contributed by atoms with Gasteiger partial charge in [-0.2, -0.15) is 0 Å². The van der Waals surface area contributed by atoms with Gasteiger partial charge in [-0.25, -0.2) is 0 Å². The van der Waals surface area contributed by atoms with Crippen molar-refractivity contribution in [1.29, 1.82) is 0 Å². The van der Waals surface area contributed by atoms with Gasteiger partial charge in [0, 0.05) is 18.7 Å². The maximum Gasteiger partial charge on any atom is 0.295 e. The molecule has 1 fully saturated rings. The van der Waals surface area contributed by atoms with Gasteiger partial charge in [0.15, 0.2) is 0 Å². The molecule has 4 aromatic carbocycles. The first-order valence-corrected chi connectivity index (χ1v) is 13.0. The molecule has 1 atom stereocenters. The molecule has 0 aliphatic carbocycles. The third-order valence-corrected chi connectivity index (χ3v) is 7.13. The van der Waals surface area contributed by atoms with Crippen LogP contribution in [-0.2, 0) is 16.2 Å². The number of likely N-dealkylation sites (tertiary alicyclic amines) is 1. The predicted octanol–water partition coefficient (Wildman–Crippen LogP) is 5.71. The molecule has 0 saturated carbocycles. The molecule has 0 aromatic heterocycles. The summed E-state index contributed by atoms with van der Waals surface area (Å²) in [7, 11) is 3.85. The summed E-state index contributed by atoms with van der Waals surface area (Å²) in [6.07, 6.45) is 0. The van der Waals surface area contributed by atoms with E-state index < -0.39 is 17.7 Å². The number of likely N-dealkylation sites (N-methyl/N-ethyl adjacent to an activating group) is 1. The summed E-state index contributed by atoms with van der Waals surface area (Å²) < 4.78 is 6.00. The summed E-state index contributed by atoms with van der Waals surface area (Å²) in [6, 6.07) is 28.2. The average Bonchev–Trinajstić information content (AvgIpc) is 3.20. The Kier molecular flexibility index (Phi) is 7.48. The molecule has 1 saturated heterocycles. The first-order chi connectivity index (χ1) is 18.8. The lowest BCUT2D eigenvalue weighted by atomic mass is 9.91. The SMILES string of the molecule is Cc1cc(/C(O)=C2/C(=O)C(=O)N(CCN(C)C)C2c2cccc3ccccc23)ccc1OCc1ccccc1. The Bertz CT molecular complexity index is 1550. The maximum absolute atomic E-state index is 13.5. The second-order valence-corrected chi connectivity index (χ2v) is 10.1. The van der Waals surface area contributed by atoms with Crippen LogP contribution in [0.3, 0.4) is 0 Å². The fourth-order valence-electron chi connectivity index (χ4n) is 5.08. The lowest BCUT2D eigenvalue weighted by Gasteiger charge is -2.27. The van der Waals surface area contributed by atoms with Gasteiger partial charge < -0.3 is 19.6 Å². The standard InChI is InChI=1S/C33H32N2O4/c1-22-20-25(16-17-28(22)39-21-23-10-5-4-6-11-23)31(36)29-30(35(19-18-34(2)3)33(38)32(29)37)27-15-9-13-24-12-7-8-14-26(24)27/h4-17,20,30,36H,18-19,21H2,1-3H3/b31-29-. The van der Waals surface area contributed by atoms with Crippen molar-refractivity contribution in [3.05, 3.63) is 119 Å². The van der Waals surface area contributed by atoms with E-state index in [-0.39, 0.29) is 11.3 Å². The van der Waals surface area contributed by atoms with E-state index in [2.05, 4.69) is 0 Å². The number of aryl methyl sites for hydroxylation is 1. The Morgan fingerprint density at radius 2 is 1.64 bits per heavy atom. The minimum absolute atomic E-state index is 0.104. The lowest BCUT2D eigenvalue weighted by Crippen LogP contribution is -2.35. The molecular weight excluding hydrogens is 488 g/mol. The van der Waals surface area contributed by atoms with Crippen LogP contribution in [0.15, 0.2) is 96.6 Å². The van der Waals surface area contributed by atoms with E-state index in [1.54, 1.807) is 23.1 Å². The molecule has 6 nitrogen and oxygen atoms in total. The number of fused-ring (bicyclic) bond motifs is 1. The van der Waals surface area contributed by atoms with Crippen molar-refractivity contribution in [1.82, 2.24) is 9.80 Å². The number of aliphatic hydroxyl groups excluding tert-OH is 1. The van der Waals surface area contributed by atoms with E-state index in [1.807, 2.05) is 98.7 Å². The summed E-state index contributed by atoms with van der Waals surface area (Å²) in [6.45, 7) is 3.26. The van der Waals surface area contributed by atoms with Crippen LogP contribution in [0.2, 0.25) is 0 Å². The number of hydrogen-bond acceptors (Lipinski definition) is 5. The van der Waals surface area contributed by atoms with Gasteiger partial charge >= 0.3 is 0 Å². The first kappa shape index (κ1) is 26.2. The lowest BCUT2D eigenvalue weighted by molar-refractivity contribution is -0.140. The van der Waals surface area contributed by atoms with Crippen LogP contribution >= 0.6 is 0 Å². The van der Waals surface area contributed by atoms with Crippen LogP contribution in [0.5, 0.6) is 5.75 Å². The number of amides is 1. The molecule has 0 spiro atoms. The quantitative estimate of drug-likeness (QED) is 0.183. The highest BCUT2D eigenvalue weighted by molar-refractivity contribution is 6.46. The molecular formula is C33H32N2O4. The van der Waals surface area contributed by atoms with Gasteiger partial charge in [0.2, 0.25) is 0 Å². The highest BCUT2D eigenvalue weighted by Crippen LogP contribution is 2.42. The van der Waals surface area contributed by atoms with Crippen molar-refractivity contribution in [3.63, 3.8) is 0 Å². The van der Waals surface area contributed by atoms with Crippen LogP contribution < -0.4 is 4.74 Å². The Morgan fingerprint density at radius 3 is 2.38 bits per heavy atom. The number of carbonyl (C=O) groups is 2. The number of ether oxygens (including phenoxy) is 1. The Hall–Kier alpha value is -4.42. The van der Waals surface area contributed by atoms with Gasteiger partial charge in [-0.3, -0.25) is 9.59 Å². The number of Topliss-reactive ketones (excluding diaryl/α,β-unsaturated/α-hetero) is 1. The van der Waals surface area contributed by atoms with Crippen LogP contribution in [0, 0.1) is 6.92 Å². The van der Waals surface area contributed by atoms with Crippen LogP contribution in [-0.4, -0.2) is 53.8 Å². The number of nitrogens with zero attached hydrogens (tertiary/aromatic N) is 2. The smallest absolute Gasteiger partial charge is 0.295 e. The average molecular weight is 521 g/mol. The molecule has 0 radical (unpaired) electrons. The molecule has 1 amide bonds. The zero-order chi connectivity index (χ0) is 27.5. The molecule has 39 heavy (non-hydrogen) atoms. The molecule has 198 valence electrons. The molecule has 4 aromatic rings. The second kappa shape index (κ2) is 11.1. The number of hydrogen-bond donors (Lipinski definition) is 1. The van der Waals surface area contributed by atoms with Crippen molar-refractivity contribution in [2.75, 3.05) is 27.2 Å². The van der Waals surface area contributed by atoms with E-state index in [0.29, 0.717) is 31.0 Å². The van der Waals surface area contributed by atoms with E-state index in [0.717, 1.165) is 27.5 Å². The number of carbonyl (C=O) groups excluding carboxylic acids is 2. The Balaban J connectivity index is 1.56. The summed E-state index contributed by atoms with van der Waals surface area (Å²) in [5, 5.41) is 13.5. The van der Waals surface area contributed by atoms with Gasteiger partial charge in [-0.05, 0) is 66.7 Å². The fourth-order valence-corrected chi connectivity index (χ4v) is 5.08. The predicted molar refractivity (Wildman–Crippen MR) is 153 cm³/mol. The van der Waals surface area contributed by atoms with Crippen molar-refractivity contribution >= 4 is 28.2 Å². The maximum atomic E-state index is 13.5. The van der Waals surface area contributed by atoms with Crippen molar-refractivity contribution in [3.8, 4) is 5.75 Å². The van der Waals surface area contributed by atoms with E-state index in [4.69, 9.17) is 4.74 Å². The Morgan fingerprint density at radius 1 is 0.923 bits per heavy atom. The van der Waals surface area contributed by atoms with Gasteiger partial charge in [0.25, 0.3) is 11.7 Å². The van der Waals surface area contributed by atoms with Crippen LogP contribution in [0.25, 0.3) is 16.5 Å². The van der Waals surface area contributed by atoms with Gasteiger partial charge in [0.1, 0.15) is 18.1 Å². The normalized spacial score (nSPS) is 16.8. The molecule has 1 heterocycles. The van der Waals surface area contributed by atoms with Gasteiger partial charge in [-0.15, -0.1) is 0 Å². The molecule has 5 rings (SSSR count). The Labute approximate surface area is 228 Å². The fraction of sp³-hybridized carbons (Fsp3) is 0.212. The second-order valence-electron chi connectivity index (χ2n) is 10.1. The highest BCUT2D eigenvalue weighted by Gasteiger charge is 2.46.